The summed E-state index contributed by atoms with van der Waals surface area (Å²) < 4.78 is 5.70. The van der Waals surface area contributed by atoms with E-state index in [1.54, 1.807) is 49.6 Å². The average Bonchev–Trinajstić information content (AvgIpc) is 3.23. The quantitative estimate of drug-likeness (QED) is 0.480. The third kappa shape index (κ3) is 5.29. The molecular weight excluding hydrogens is 444 g/mol. The molecule has 2 amide bonds. The summed E-state index contributed by atoms with van der Waals surface area (Å²) in [5.74, 6) is 0.492. The fourth-order valence-electron chi connectivity index (χ4n) is 4.45. The van der Waals surface area contributed by atoms with Crippen LogP contribution in [0.1, 0.15) is 22.8 Å². The first-order valence-electron chi connectivity index (χ1n) is 11.6. The Hall–Kier alpha value is -4.27. The normalized spacial score (nSPS) is 16.2. The number of nitrogens with one attached hydrogen (secondary N) is 1. The standard InChI is InChI=1S/C26H26N6O3/c1-18(33)31-10-11-32(17-20(16-31)12-19-13-21-6-9-27-24(21)30-15-19)25(34)22-4-2-5-23(14-22)35-26-28-7-3-8-29-26/h2-9,13-15,20H,10-12,16-17H2,1H3,(H,27,30). The topological polar surface area (TPSA) is 104 Å². The Labute approximate surface area is 202 Å². The van der Waals surface area contributed by atoms with Crippen LogP contribution in [0.15, 0.2) is 67.3 Å². The molecule has 0 radical (unpaired) electrons. The molecule has 1 aliphatic rings. The number of amides is 2. The second-order valence-electron chi connectivity index (χ2n) is 8.71. The summed E-state index contributed by atoms with van der Waals surface area (Å²) in [6.45, 7) is 3.69. The van der Waals surface area contributed by atoms with Crippen LogP contribution in [0.5, 0.6) is 11.8 Å². The average molecular weight is 471 g/mol. The minimum atomic E-state index is -0.0981. The van der Waals surface area contributed by atoms with Crippen LogP contribution in [-0.4, -0.2) is 67.7 Å². The Morgan fingerprint density at radius 3 is 2.66 bits per heavy atom. The van der Waals surface area contributed by atoms with Gasteiger partial charge in [-0.2, -0.15) is 0 Å². The molecule has 178 valence electrons. The van der Waals surface area contributed by atoms with Gasteiger partial charge in [0.15, 0.2) is 0 Å². The van der Waals surface area contributed by atoms with Gasteiger partial charge in [0.1, 0.15) is 11.4 Å². The summed E-state index contributed by atoms with van der Waals surface area (Å²) in [6.07, 6.45) is 7.64. The molecule has 5 rings (SSSR count). The van der Waals surface area contributed by atoms with E-state index in [4.69, 9.17) is 4.74 Å². The number of carbonyl (C=O) groups is 2. The molecule has 1 unspecified atom stereocenters. The maximum absolute atomic E-state index is 13.5. The number of pyridine rings is 1. The van der Waals surface area contributed by atoms with Crippen molar-refractivity contribution in [1.82, 2.24) is 29.7 Å². The third-order valence-corrected chi connectivity index (χ3v) is 6.14. The smallest absolute Gasteiger partial charge is 0.321 e. The van der Waals surface area contributed by atoms with Crippen molar-refractivity contribution in [2.75, 3.05) is 26.2 Å². The number of carbonyl (C=O) groups excluding carboxylic acids is 2. The third-order valence-electron chi connectivity index (χ3n) is 6.14. The molecule has 4 heterocycles. The zero-order chi connectivity index (χ0) is 24.2. The molecule has 35 heavy (non-hydrogen) atoms. The lowest BCUT2D eigenvalue weighted by atomic mass is 9.98. The number of H-pyrrole nitrogens is 1. The Kier molecular flexibility index (Phi) is 6.38. The number of aromatic nitrogens is 4. The van der Waals surface area contributed by atoms with Crippen LogP contribution in [0.4, 0.5) is 0 Å². The summed E-state index contributed by atoms with van der Waals surface area (Å²) in [4.78, 5) is 45.1. The van der Waals surface area contributed by atoms with Gasteiger partial charge in [-0.15, -0.1) is 0 Å². The van der Waals surface area contributed by atoms with Gasteiger partial charge < -0.3 is 19.5 Å². The van der Waals surface area contributed by atoms with Crippen molar-refractivity contribution in [3.63, 3.8) is 0 Å². The second-order valence-corrected chi connectivity index (χ2v) is 8.71. The van der Waals surface area contributed by atoms with E-state index in [2.05, 4.69) is 26.0 Å². The Bertz CT molecular complexity index is 1340. The summed E-state index contributed by atoms with van der Waals surface area (Å²) in [6, 6.07) is 13.0. The van der Waals surface area contributed by atoms with Crippen LogP contribution < -0.4 is 4.74 Å². The molecule has 0 saturated carbocycles. The minimum absolute atomic E-state index is 0.0155. The molecular formula is C26H26N6O3. The van der Waals surface area contributed by atoms with Gasteiger partial charge in [0.05, 0.1) is 0 Å². The summed E-state index contributed by atoms with van der Waals surface area (Å²) in [5.41, 5.74) is 2.45. The van der Waals surface area contributed by atoms with Crippen LogP contribution >= 0.6 is 0 Å². The van der Waals surface area contributed by atoms with Gasteiger partial charge in [0.2, 0.25) is 5.91 Å². The maximum Gasteiger partial charge on any atom is 0.321 e. The molecule has 3 aromatic heterocycles. The van der Waals surface area contributed by atoms with Gasteiger partial charge >= 0.3 is 6.01 Å². The van der Waals surface area contributed by atoms with E-state index in [0.29, 0.717) is 37.5 Å². The lowest BCUT2D eigenvalue weighted by Gasteiger charge is -2.24. The number of benzene rings is 1. The monoisotopic (exact) mass is 470 g/mol. The minimum Gasteiger partial charge on any atom is -0.424 e. The molecule has 0 aliphatic carbocycles. The van der Waals surface area contributed by atoms with Crippen molar-refractivity contribution < 1.29 is 14.3 Å². The number of rotatable bonds is 5. The van der Waals surface area contributed by atoms with Gasteiger partial charge in [-0.3, -0.25) is 9.59 Å². The van der Waals surface area contributed by atoms with E-state index in [-0.39, 0.29) is 23.7 Å². The predicted molar refractivity (Wildman–Crippen MR) is 130 cm³/mol. The largest absolute Gasteiger partial charge is 0.424 e. The first kappa shape index (κ1) is 22.5. The van der Waals surface area contributed by atoms with Crippen molar-refractivity contribution in [3.05, 3.63) is 78.4 Å². The van der Waals surface area contributed by atoms with Gasteiger partial charge in [-0.05, 0) is 54.3 Å². The van der Waals surface area contributed by atoms with Crippen LogP contribution in [0.2, 0.25) is 0 Å². The first-order valence-corrected chi connectivity index (χ1v) is 11.6. The summed E-state index contributed by atoms with van der Waals surface area (Å²) in [7, 11) is 0. The fraction of sp³-hybridized carbons (Fsp3) is 0.269. The number of nitrogens with zero attached hydrogens (tertiary/aromatic N) is 5. The molecule has 1 atom stereocenters. The molecule has 0 spiro atoms. The van der Waals surface area contributed by atoms with Gasteiger partial charge in [0.25, 0.3) is 5.91 Å². The van der Waals surface area contributed by atoms with Crippen molar-refractivity contribution in [3.8, 4) is 11.8 Å². The van der Waals surface area contributed by atoms with Crippen LogP contribution in [0.3, 0.4) is 0 Å². The Balaban J connectivity index is 1.34. The lowest BCUT2D eigenvalue weighted by Crippen LogP contribution is -2.36. The Morgan fingerprint density at radius 2 is 1.83 bits per heavy atom. The van der Waals surface area contributed by atoms with E-state index in [1.807, 2.05) is 28.3 Å². The zero-order valence-electron chi connectivity index (χ0n) is 19.4. The summed E-state index contributed by atoms with van der Waals surface area (Å²) in [5, 5.41) is 1.05. The molecule has 0 bridgehead atoms. The molecule has 1 aliphatic heterocycles. The Morgan fingerprint density at radius 1 is 1.03 bits per heavy atom. The second kappa shape index (κ2) is 9.92. The highest BCUT2D eigenvalue weighted by Gasteiger charge is 2.28. The number of hydrogen-bond acceptors (Lipinski definition) is 6. The summed E-state index contributed by atoms with van der Waals surface area (Å²) >= 11 is 0. The highest BCUT2D eigenvalue weighted by molar-refractivity contribution is 5.94. The molecule has 9 heteroatoms. The van der Waals surface area contributed by atoms with Crippen molar-refractivity contribution in [2.24, 2.45) is 5.92 Å². The predicted octanol–water partition coefficient (Wildman–Crippen LogP) is 3.31. The fourth-order valence-corrected chi connectivity index (χ4v) is 4.45. The molecule has 9 nitrogen and oxygen atoms in total. The number of aromatic amines is 1. The van der Waals surface area contributed by atoms with E-state index in [1.165, 1.54) is 0 Å². The molecule has 1 aromatic carbocycles. The van der Waals surface area contributed by atoms with Gasteiger partial charge in [-0.1, -0.05) is 6.07 Å². The molecule has 1 N–H and O–H groups in total. The van der Waals surface area contributed by atoms with E-state index < -0.39 is 0 Å². The van der Waals surface area contributed by atoms with Gasteiger partial charge in [0, 0.05) is 68.8 Å². The first-order chi connectivity index (χ1) is 17.0. The van der Waals surface area contributed by atoms with E-state index >= 15 is 0 Å². The molecule has 1 fully saturated rings. The van der Waals surface area contributed by atoms with E-state index in [0.717, 1.165) is 23.0 Å². The molecule has 4 aromatic rings. The number of ether oxygens (including phenoxy) is 1. The van der Waals surface area contributed by atoms with Gasteiger partial charge in [-0.25, -0.2) is 15.0 Å². The zero-order valence-corrected chi connectivity index (χ0v) is 19.4. The number of fused-ring (bicyclic) bond motifs is 1. The van der Waals surface area contributed by atoms with Crippen LogP contribution in [0.25, 0.3) is 11.0 Å². The van der Waals surface area contributed by atoms with Crippen LogP contribution in [-0.2, 0) is 11.2 Å². The lowest BCUT2D eigenvalue weighted by molar-refractivity contribution is -0.129. The van der Waals surface area contributed by atoms with Crippen molar-refractivity contribution >= 4 is 22.8 Å². The maximum atomic E-state index is 13.5. The highest BCUT2D eigenvalue weighted by atomic mass is 16.5. The number of hydrogen-bond donors (Lipinski definition) is 1. The van der Waals surface area contributed by atoms with Crippen molar-refractivity contribution in [1.29, 1.82) is 0 Å². The van der Waals surface area contributed by atoms with Crippen LogP contribution in [0, 0.1) is 5.92 Å². The van der Waals surface area contributed by atoms with E-state index in [9.17, 15) is 9.59 Å². The molecule has 1 saturated heterocycles. The highest BCUT2D eigenvalue weighted by Crippen LogP contribution is 2.22. The SMILES string of the molecule is CC(=O)N1CCN(C(=O)c2cccc(Oc3ncccn3)c2)CC(Cc2cnc3[nH]ccc3c2)C1. The van der Waals surface area contributed by atoms with Crippen molar-refractivity contribution in [2.45, 2.75) is 13.3 Å².